The van der Waals surface area contributed by atoms with Gasteiger partial charge in [0.25, 0.3) is 5.91 Å². The predicted octanol–water partition coefficient (Wildman–Crippen LogP) is 4.81. The molecule has 0 saturated carbocycles. The van der Waals surface area contributed by atoms with Crippen molar-refractivity contribution in [2.75, 3.05) is 5.32 Å². The monoisotopic (exact) mass is 322 g/mol. The number of nitrogens with zero attached hydrogens (tertiary/aromatic N) is 1. The number of para-hydroxylation sites is 1. The zero-order valence-electron chi connectivity index (χ0n) is 14.0. The number of anilines is 1. The van der Waals surface area contributed by atoms with Crippen LogP contribution >= 0.6 is 0 Å². The summed E-state index contributed by atoms with van der Waals surface area (Å²) in [5.74, 6) is -0.758. The summed E-state index contributed by atoms with van der Waals surface area (Å²) in [6, 6.07) is 12.2. The van der Waals surface area contributed by atoms with Crippen LogP contribution in [-0.2, 0) is 6.42 Å². The van der Waals surface area contributed by atoms with Gasteiger partial charge < -0.3 is 5.32 Å². The van der Waals surface area contributed by atoms with Gasteiger partial charge in [-0.25, -0.2) is 4.39 Å². The normalized spacial score (nSPS) is 10.8. The maximum atomic E-state index is 14.0. The second-order valence-electron chi connectivity index (χ2n) is 5.87. The molecule has 1 N–H and O–H groups in total. The summed E-state index contributed by atoms with van der Waals surface area (Å²) >= 11 is 0. The number of nitrogens with one attached hydrogen (secondary N) is 1. The fraction of sp³-hybridized carbons (Fsp3) is 0.200. The van der Waals surface area contributed by atoms with Crippen LogP contribution in [0.4, 0.5) is 10.1 Å². The van der Waals surface area contributed by atoms with E-state index < -0.39 is 5.82 Å². The zero-order valence-corrected chi connectivity index (χ0v) is 14.0. The first-order valence-corrected chi connectivity index (χ1v) is 7.97. The van der Waals surface area contributed by atoms with E-state index in [0.29, 0.717) is 5.56 Å². The van der Waals surface area contributed by atoms with Crippen molar-refractivity contribution in [3.8, 4) is 0 Å². The van der Waals surface area contributed by atoms with Crippen LogP contribution in [0.25, 0.3) is 10.9 Å². The Kier molecular flexibility index (Phi) is 4.30. The van der Waals surface area contributed by atoms with Crippen LogP contribution in [-0.4, -0.2) is 10.9 Å². The molecule has 0 aliphatic heterocycles. The molecule has 2 aromatic carbocycles. The number of halogens is 1. The maximum absolute atomic E-state index is 14.0. The number of fused-ring (bicyclic) bond motifs is 1. The van der Waals surface area contributed by atoms with Crippen LogP contribution in [0, 0.1) is 19.7 Å². The molecule has 0 aliphatic carbocycles. The molecule has 3 aromatic rings. The Labute approximate surface area is 140 Å². The molecule has 1 aromatic heterocycles. The van der Waals surface area contributed by atoms with Crippen LogP contribution in [0.2, 0.25) is 0 Å². The molecule has 0 aliphatic rings. The minimum atomic E-state index is -0.444. The van der Waals surface area contributed by atoms with Gasteiger partial charge in [0.2, 0.25) is 0 Å². The van der Waals surface area contributed by atoms with Gasteiger partial charge in [0.05, 0.1) is 16.8 Å². The van der Waals surface area contributed by atoms with E-state index >= 15 is 0 Å². The summed E-state index contributed by atoms with van der Waals surface area (Å²) < 4.78 is 14.0. The molecular formula is C20H19FN2O. The van der Waals surface area contributed by atoms with Crippen molar-refractivity contribution >= 4 is 22.5 Å². The van der Waals surface area contributed by atoms with Crippen LogP contribution in [0.1, 0.15) is 34.1 Å². The first-order chi connectivity index (χ1) is 11.5. The maximum Gasteiger partial charge on any atom is 0.256 e. The van der Waals surface area contributed by atoms with Gasteiger partial charge in [-0.05, 0) is 49.6 Å². The lowest BCUT2D eigenvalue weighted by atomic mass is 9.99. The van der Waals surface area contributed by atoms with Crippen molar-refractivity contribution in [3.63, 3.8) is 0 Å². The standard InChI is InChI=1S/C20H19FN2O/c1-4-16-13(3)19(14-7-5-6-8-17(14)22-16)20(24)23-18-11-12(2)9-10-15(18)21/h5-11H,4H2,1-3H3,(H,23,24). The van der Waals surface area contributed by atoms with Gasteiger partial charge in [0.1, 0.15) is 5.82 Å². The molecule has 24 heavy (non-hydrogen) atoms. The topological polar surface area (TPSA) is 42.0 Å². The van der Waals surface area contributed by atoms with Crippen LogP contribution < -0.4 is 5.32 Å². The second kappa shape index (κ2) is 6.40. The Bertz CT molecular complexity index is 934. The molecular weight excluding hydrogens is 303 g/mol. The molecule has 0 bridgehead atoms. The SMILES string of the molecule is CCc1nc2ccccc2c(C(=O)Nc2cc(C)ccc2F)c1C. The lowest BCUT2D eigenvalue weighted by molar-refractivity contribution is 0.102. The quantitative estimate of drug-likeness (QED) is 0.752. The van der Waals surface area contributed by atoms with Gasteiger partial charge in [0.15, 0.2) is 0 Å². The van der Waals surface area contributed by atoms with Crippen molar-refractivity contribution in [1.29, 1.82) is 0 Å². The molecule has 122 valence electrons. The fourth-order valence-electron chi connectivity index (χ4n) is 2.91. The van der Waals surface area contributed by atoms with Gasteiger partial charge in [-0.15, -0.1) is 0 Å². The third kappa shape index (κ3) is 2.87. The van der Waals surface area contributed by atoms with E-state index in [0.717, 1.165) is 34.1 Å². The molecule has 0 spiro atoms. The Morgan fingerprint density at radius 2 is 1.92 bits per heavy atom. The van der Waals surface area contributed by atoms with Crippen molar-refractivity contribution in [2.24, 2.45) is 0 Å². The molecule has 0 fully saturated rings. The van der Waals surface area contributed by atoms with Crippen molar-refractivity contribution in [2.45, 2.75) is 27.2 Å². The molecule has 0 unspecified atom stereocenters. The minimum absolute atomic E-state index is 0.193. The number of carbonyl (C=O) groups is 1. The van der Waals surface area contributed by atoms with E-state index in [1.807, 2.05) is 45.0 Å². The van der Waals surface area contributed by atoms with Crippen molar-refractivity contribution in [3.05, 3.63) is 70.7 Å². The van der Waals surface area contributed by atoms with Crippen LogP contribution in [0.5, 0.6) is 0 Å². The van der Waals surface area contributed by atoms with Gasteiger partial charge in [-0.2, -0.15) is 0 Å². The summed E-state index contributed by atoms with van der Waals surface area (Å²) in [7, 11) is 0. The molecule has 1 heterocycles. The van der Waals surface area contributed by atoms with Crippen LogP contribution in [0.15, 0.2) is 42.5 Å². The molecule has 1 amide bonds. The Morgan fingerprint density at radius 3 is 2.67 bits per heavy atom. The molecule has 0 atom stereocenters. The summed E-state index contributed by atoms with van der Waals surface area (Å²) in [6.07, 6.45) is 0.732. The number of aryl methyl sites for hydroxylation is 2. The van der Waals surface area contributed by atoms with Crippen LogP contribution in [0.3, 0.4) is 0 Å². The summed E-state index contributed by atoms with van der Waals surface area (Å²) in [5, 5.41) is 3.49. The van der Waals surface area contributed by atoms with E-state index in [4.69, 9.17) is 0 Å². The minimum Gasteiger partial charge on any atom is -0.319 e. The van der Waals surface area contributed by atoms with E-state index in [1.54, 1.807) is 12.1 Å². The third-order valence-electron chi connectivity index (χ3n) is 4.17. The number of amides is 1. The van der Waals surface area contributed by atoms with Gasteiger partial charge in [-0.3, -0.25) is 9.78 Å². The Hall–Kier alpha value is -2.75. The highest BCUT2D eigenvalue weighted by molar-refractivity contribution is 6.13. The first-order valence-electron chi connectivity index (χ1n) is 7.97. The third-order valence-corrected chi connectivity index (χ3v) is 4.17. The van der Waals surface area contributed by atoms with E-state index in [2.05, 4.69) is 10.3 Å². The number of aromatic nitrogens is 1. The molecule has 0 saturated heterocycles. The number of pyridine rings is 1. The predicted molar refractivity (Wildman–Crippen MR) is 94.9 cm³/mol. The number of carbonyl (C=O) groups excluding carboxylic acids is 1. The molecule has 0 radical (unpaired) electrons. The van der Waals surface area contributed by atoms with Gasteiger partial charge >= 0.3 is 0 Å². The summed E-state index contributed by atoms with van der Waals surface area (Å²) in [6.45, 7) is 5.75. The number of hydrogen-bond donors (Lipinski definition) is 1. The molecule has 4 heteroatoms. The lowest BCUT2D eigenvalue weighted by Gasteiger charge is -2.14. The highest BCUT2D eigenvalue weighted by Gasteiger charge is 2.18. The average molecular weight is 322 g/mol. The van der Waals surface area contributed by atoms with E-state index in [-0.39, 0.29) is 11.6 Å². The molecule has 3 nitrogen and oxygen atoms in total. The average Bonchev–Trinajstić information content (AvgIpc) is 2.57. The number of benzene rings is 2. The highest BCUT2D eigenvalue weighted by Crippen LogP contribution is 2.25. The van der Waals surface area contributed by atoms with E-state index in [9.17, 15) is 9.18 Å². The Balaban J connectivity index is 2.12. The second-order valence-corrected chi connectivity index (χ2v) is 5.87. The van der Waals surface area contributed by atoms with Gasteiger partial charge in [0, 0.05) is 11.1 Å². The number of hydrogen-bond acceptors (Lipinski definition) is 2. The smallest absolute Gasteiger partial charge is 0.256 e. The van der Waals surface area contributed by atoms with Gasteiger partial charge in [-0.1, -0.05) is 31.2 Å². The Morgan fingerprint density at radius 1 is 1.17 bits per heavy atom. The largest absolute Gasteiger partial charge is 0.319 e. The van der Waals surface area contributed by atoms with E-state index in [1.165, 1.54) is 6.07 Å². The van der Waals surface area contributed by atoms with Crippen molar-refractivity contribution < 1.29 is 9.18 Å². The highest BCUT2D eigenvalue weighted by atomic mass is 19.1. The summed E-state index contributed by atoms with van der Waals surface area (Å²) in [5.41, 5.74) is 4.12. The zero-order chi connectivity index (χ0) is 17.3. The first kappa shape index (κ1) is 16.1. The number of rotatable bonds is 3. The van der Waals surface area contributed by atoms with Crippen molar-refractivity contribution in [1.82, 2.24) is 4.98 Å². The lowest BCUT2D eigenvalue weighted by Crippen LogP contribution is -2.16. The fourth-order valence-corrected chi connectivity index (χ4v) is 2.91. The summed E-state index contributed by atoms with van der Waals surface area (Å²) in [4.78, 5) is 17.5. The molecule has 3 rings (SSSR count).